The topological polar surface area (TPSA) is 88.6 Å². The van der Waals surface area contributed by atoms with E-state index in [1.165, 1.54) is 5.57 Å². The molecule has 9 nitrogen and oxygen atoms in total. The standard InChI is InChI=1S/C38H50N6O3/c1-26-19-27(21-32-25-39-40-37(26)32)20-31(38(47)44-13-9-33(10-14-44)42-17-15-41(2)16-18-42)24-36(46)43-11-7-28(8-12-43)34-22-29-5-3-4-6-30(29)23-35(34)45/h3-6,19,21-22,25,28,31-33,37,40H,7-18,20,23-24H2,1-2H3/t31-,32?,37?/m0/s1. The van der Waals surface area contributed by atoms with Crippen molar-refractivity contribution in [3.8, 4) is 0 Å². The Labute approximate surface area is 279 Å². The smallest absolute Gasteiger partial charge is 0.226 e. The van der Waals surface area contributed by atoms with E-state index in [0.29, 0.717) is 32.0 Å². The number of nitrogens with one attached hydrogen (secondary N) is 1. The summed E-state index contributed by atoms with van der Waals surface area (Å²) in [4.78, 5) is 50.1. The Morgan fingerprint density at radius 2 is 1.66 bits per heavy atom. The maximum atomic E-state index is 14.2. The fraction of sp³-hybridized carbons (Fsp3) is 0.579. The quantitative estimate of drug-likeness (QED) is 0.492. The molecule has 4 aliphatic heterocycles. The van der Waals surface area contributed by atoms with Gasteiger partial charge in [-0.15, -0.1) is 0 Å². The van der Waals surface area contributed by atoms with Gasteiger partial charge in [0, 0.05) is 83.4 Å². The zero-order chi connectivity index (χ0) is 32.5. The molecule has 0 aromatic heterocycles. The van der Waals surface area contributed by atoms with Gasteiger partial charge in [0.15, 0.2) is 5.78 Å². The molecule has 2 amide bonds. The number of hydrogen-bond acceptors (Lipinski definition) is 7. The number of ketones is 1. The van der Waals surface area contributed by atoms with Crippen LogP contribution in [-0.4, -0.2) is 115 Å². The Kier molecular flexibility index (Phi) is 9.46. The number of nitrogens with zero attached hydrogens (tertiary/aromatic N) is 5. The highest BCUT2D eigenvalue weighted by molar-refractivity contribution is 6.04. The Morgan fingerprint density at radius 3 is 2.43 bits per heavy atom. The Hall–Kier alpha value is -3.56. The number of amides is 2. The number of piperazine rings is 1. The third-order valence-corrected chi connectivity index (χ3v) is 11.6. The number of benzene rings is 1. The number of fused-ring (bicyclic) bond motifs is 2. The van der Waals surface area contributed by atoms with E-state index in [2.05, 4.69) is 58.6 Å². The first-order valence-electron chi connectivity index (χ1n) is 17.8. The lowest BCUT2D eigenvalue weighted by molar-refractivity contribution is -0.143. The number of rotatable bonds is 7. The average Bonchev–Trinajstić information content (AvgIpc) is 3.57. The first-order valence-corrected chi connectivity index (χ1v) is 17.8. The zero-order valence-corrected chi connectivity index (χ0v) is 28.1. The van der Waals surface area contributed by atoms with Crippen LogP contribution in [0.1, 0.15) is 56.6 Å². The van der Waals surface area contributed by atoms with E-state index in [1.807, 2.05) is 34.2 Å². The van der Waals surface area contributed by atoms with Crippen LogP contribution in [0.15, 0.2) is 58.2 Å². The van der Waals surface area contributed by atoms with Gasteiger partial charge in [-0.3, -0.25) is 19.3 Å². The summed E-state index contributed by atoms with van der Waals surface area (Å²) in [5.74, 6) is 0.358. The summed E-state index contributed by atoms with van der Waals surface area (Å²) in [7, 11) is 2.19. The lowest BCUT2D eigenvalue weighted by Gasteiger charge is -2.42. The molecule has 2 unspecified atom stereocenters. The third kappa shape index (κ3) is 7.02. The van der Waals surface area contributed by atoms with Crippen LogP contribution in [-0.2, 0) is 20.8 Å². The van der Waals surface area contributed by atoms with Gasteiger partial charge in [0.1, 0.15) is 0 Å². The Morgan fingerprint density at radius 1 is 0.936 bits per heavy atom. The second-order valence-electron chi connectivity index (χ2n) is 14.6. The van der Waals surface area contributed by atoms with Gasteiger partial charge in [-0.25, -0.2) is 0 Å². The average molecular weight is 639 g/mol. The van der Waals surface area contributed by atoms with Crippen molar-refractivity contribution in [1.82, 2.24) is 25.0 Å². The molecule has 0 radical (unpaired) electrons. The lowest BCUT2D eigenvalue weighted by Crippen LogP contribution is -2.53. The van der Waals surface area contributed by atoms with Crippen molar-refractivity contribution in [2.75, 3.05) is 59.4 Å². The molecule has 9 heteroatoms. The van der Waals surface area contributed by atoms with Gasteiger partial charge in [-0.2, -0.15) is 5.10 Å². The molecule has 1 aromatic rings. The zero-order valence-electron chi connectivity index (χ0n) is 28.1. The largest absolute Gasteiger partial charge is 0.343 e. The van der Waals surface area contributed by atoms with Gasteiger partial charge in [-0.1, -0.05) is 42.0 Å². The number of piperidine rings is 2. The van der Waals surface area contributed by atoms with Crippen LogP contribution in [0.3, 0.4) is 0 Å². The molecule has 7 rings (SSSR count). The normalized spacial score (nSPS) is 26.6. The number of allylic oxidation sites excluding steroid dienone is 3. The van der Waals surface area contributed by atoms with E-state index in [0.717, 1.165) is 87.2 Å². The van der Waals surface area contributed by atoms with Crippen LogP contribution >= 0.6 is 0 Å². The summed E-state index contributed by atoms with van der Waals surface area (Å²) < 4.78 is 0. The van der Waals surface area contributed by atoms with E-state index in [-0.39, 0.29) is 41.9 Å². The van der Waals surface area contributed by atoms with E-state index in [9.17, 15) is 14.4 Å². The molecule has 1 aromatic carbocycles. The number of carbonyl (C=O) groups excluding carboxylic acids is 3. The van der Waals surface area contributed by atoms with Crippen LogP contribution in [0.4, 0.5) is 0 Å². The van der Waals surface area contributed by atoms with Gasteiger partial charge >= 0.3 is 0 Å². The predicted octanol–water partition coefficient (Wildman–Crippen LogP) is 3.53. The molecule has 0 spiro atoms. The summed E-state index contributed by atoms with van der Waals surface area (Å²) in [5, 5.41) is 4.29. The fourth-order valence-electron chi connectivity index (χ4n) is 8.64. The lowest BCUT2D eigenvalue weighted by atomic mass is 9.80. The first-order chi connectivity index (χ1) is 22.8. The summed E-state index contributed by atoms with van der Waals surface area (Å²) in [5.41, 5.74) is 8.68. The van der Waals surface area contributed by atoms with Crippen LogP contribution in [0.2, 0.25) is 0 Å². The highest BCUT2D eigenvalue weighted by Gasteiger charge is 2.36. The van der Waals surface area contributed by atoms with Crippen LogP contribution < -0.4 is 5.43 Å². The van der Waals surface area contributed by atoms with Gasteiger partial charge in [0.05, 0.1) is 12.0 Å². The summed E-state index contributed by atoms with van der Waals surface area (Å²) in [6.45, 7) is 9.29. The second kappa shape index (κ2) is 13.9. The molecule has 1 N–H and O–H groups in total. The molecule has 0 bridgehead atoms. The summed E-state index contributed by atoms with van der Waals surface area (Å²) in [6.07, 6.45) is 13.2. The van der Waals surface area contributed by atoms with E-state index >= 15 is 0 Å². The van der Waals surface area contributed by atoms with Crippen LogP contribution in [0.5, 0.6) is 0 Å². The van der Waals surface area contributed by atoms with E-state index in [4.69, 9.17) is 0 Å². The van der Waals surface area contributed by atoms with Crippen molar-refractivity contribution >= 4 is 29.9 Å². The van der Waals surface area contributed by atoms with E-state index < -0.39 is 5.92 Å². The van der Waals surface area contributed by atoms with Crippen LogP contribution in [0.25, 0.3) is 6.08 Å². The molecular weight excluding hydrogens is 588 g/mol. The van der Waals surface area contributed by atoms with Crippen molar-refractivity contribution in [2.45, 2.75) is 64.0 Å². The Bertz CT molecular complexity index is 1490. The molecule has 250 valence electrons. The molecule has 3 atom stereocenters. The van der Waals surface area contributed by atoms with Crippen molar-refractivity contribution in [1.29, 1.82) is 0 Å². The van der Waals surface area contributed by atoms with Crippen molar-refractivity contribution in [3.05, 3.63) is 64.3 Å². The van der Waals surface area contributed by atoms with Crippen molar-refractivity contribution in [2.24, 2.45) is 22.9 Å². The molecule has 6 aliphatic rings. The van der Waals surface area contributed by atoms with Gasteiger partial charge < -0.3 is 20.1 Å². The van der Waals surface area contributed by atoms with Gasteiger partial charge in [0.2, 0.25) is 11.8 Å². The van der Waals surface area contributed by atoms with E-state index in [1.54, 1.807) is 0 Å². The number of hydrogen-bond donors (Lipinski definition) is 1. The van der Waals surface area contributed by atoms with Crippen molar-refractivity contribution in [3.63, 3.8) is 0 Å². The maximum Gasteiger partial charge on any atom is 0.226 e. The first kappa shape index (κ1) is 32.0. The van der Waals surface area contributed by atoms with Crippen molar-refractivity contribution < 1.29 is 14.4 Å². The van der Waals surface area contributed by atoms with Crippen LogP contribution in [0, 0.1) is 17.8 Å². The highest BCUT2D eigenvalue weighted by Crippen LogP contribution is 2.34. The molecular formula is C38H50N6O3. The summed E-state index contributed by atoms with van der Waals surface area (Å²) >= 11 is 0. The van der Waals surface area contributed by atoms with Gasteiger partial charge in [0.25, 0.3) is 0 Å². The minimum atomic E-state index is -0.391. The minimum absolute atomic E-state index is 0.0579. The van der Waals surface area contributed by atoms with Gasteiger partial charge in [-0.05, 0) is 80.3 Å². The predicted molar refractivity (Wildman–Crippen MR) is 185 cm³/mol. The molecule has 3 saturated heterocycles. The Balaban J connectivity index is 1.00. The summed E-state index contributed by atoms with van der Waals surface area (Å²) in [6, 6.07) is 8.85. The number of Topliss-reactive ketones (excluding diaryl/α,β-unsaturated/α-hetero) is 1. The third-order valence-electron chi connectivity index (χ3n) is 11.6. The fourth-order valence-corrected chi connectivity index (χ4v) is 8.64. The monoisotopic (exact) mass is 638 g/mol. The number of likely N-dealkylation sites (N-methyl/N-ethyl adjacent to an activating group) is 1. The molecule has 47 heavy (non-hydrogen) atoms. The molecule has 2 aliphatic carbocycles. The SMILES string of the molecule is CC1=CC(C[C@@H](CC(=O)N2CCC(C3=Cc4ccccc4CC3=O)CC2)C(=O)N2CCC(N3CCN(C)CC3)CC2)=CC2C=NNC12. The molecule has 4 heterocycles. The number of hydrazone groups is 1. The maximum absolute atomic E-state index is 14.2. The minimum Gasteiger partial charge on any atom is -0.343 e. The second-order valence-corrected chi connectivity index (χ2v) is 14.6. The number of likely N-dealkylation sites (tertiary alicyclic amines) is 2. The highest BCUT2D eigenvalue weighted by atomic mass is 16.2. The number of carbonyl (C=O) groups is 3. The molecule has 3 fully saturated rings. The molecule has 0 saturated carbocycles.